The van der Waals surface area contributed by atoms with Crippen LogP contribution in [0.1, 0.15) is 43.2 Å². The number of benzene rings is 1. The van der Waals surface area contributed by atoms with E-state index in [2.05, 4.69) is 35.8 Å². The van der Waals surface area contributed by atoms with E-state index in [0.717, 1.165) is 58.5 Å². The van der Waals surface area contributed by atoms with Gasteiger partial charge < -0.3 is 35.2 Å². The third kappa shape index (κ3) is 6.48. The van der Waals surface area contributed by atoms with Crippen molar-refractivity contribution >= 4 is 62.2 Å². The molecule has 7 aromatic heterocycles. The van der Waals surface area contributed by atoms with Gasteiger partial charge in [-0.25, -0.2) is 19.5 Å². The van der Waals surface area contributed by atoms with Crippen LogP contribution in [-0.4, -0.2) is 90.6 Å². The molecule has 2 aliphatic heterocycles. The van der Waals surface area contributed by atoms with Crippen LogP contribution in [0, 0.1) is 6.92 Å². The molecule has 0 aliphatic carbocycles. The van der Waals surface area contributed by atoms with Gasteiger partial charge in [0.1, 0.15) is 29.6 Å². The Morgan fingerprint density at radius 1 is 0.860 bits per heavy atom. The smallest absolute Gasteiger partial charge is 0.245 e. The van der Waals surface area contributed by atoms with Crippen molar-refractivity contribution in [3.63, 3.8) is 0 Å². The number of aliphatic hydroxyl groups is 2. The van der Waals surface area contributed by atoms with Crippen LogP contribution >= 0.6 is 11.3 Å². The summed E-state index contributed by atoms with van der Waals surface area (Å²) >= 11 is 1.58. The minimum Gasteiger partial charge on any atom is -0.394 e. The van der Waals surface area contributed by atoms with Gasteiger partial charge in [-0.2, -0.15) is 9.97 Å². The van der Waals surface area contributed by atoms with E-state index in [1.165, 1.54) is 0 Å². The van der Waals surface area contributed by atoms with Crippen molar-refractivity contribution in [3.8, 4) is 11.4 Å². The molecule has 0 saturated carbocycles. The zero-order chi connectivity index (χ0) is 38.5. The van der Waals surface area contributed by atoms with Crippen molar-refractivity contribution in [3.05, 3.63) is 109 Å². The summed E-state index contributed by atoms with van der Waals surface area (Å²) in [5, 5.41) is 36.3. The first-order valence-corrected chi connectivity index (χ1v) is 20.0. The summed E-state index contributed by atoms with van der Waals surface area (Å²) in [6, 6.07) is 17.2. The zero-order valence-corrected chi connectivity index (χ0v) is 31.9. The van der Waals surface area contributed by atoms with Gasteiger partial charge in [0, 0.05) is 31.2 Å². The molecule has 3 atom stereocenters. The number of aryl methyl sites for hydroxylation is 1. The molecule has 2 aliphatic rings. The lowest BCUT2D eigenvalue weighted by molar-refractivity contribution is 0.136. The lowest BCUT2D eigenvalue weighted by Gasteiger charge is -2.29. The van der Waals surface area contributed by atoms with Crippen LogP contribution in [0.15, 0.2) is 97.3 Å². The maximum atomic E-state index is 12.4. The molecule has 16 nitrogen and oxygen atoms in total. The van der Waals surface area contributed by atoms with E-state index in [9.17, 15) is 10.2 Å². The molecule has 288 valence electrons. The van der Waals surface area contributed by atoms with Crippen molar-refractivity contribution in [2.24, 2.45) is 0 Å². The Bertz CT molecular complexity index is 2670. The first-order chi connectivity index (χ1) is 28.0. The second-order valence-electron chi connectivity index (χ2n) is 14.4. The van der Waals surface area contributed by atoms with Crippen molar-refractivity contribution in [1.29, 1.82) is 0 Å². The monoisotopic (exact) mass is 780 g/mol. The van der Waals surface area contributed by atoms with Gasteiger partial charge in [0.05, 0.1) is 53.2 Å². The van der Waals surface area contributed by atoms with Crippen LogP contribution in [-0.2, 0) is 0 Å². The maximum absolute atomic E-state index is 12.4. The summed E-state index contributed by atoms with van der Waals surface area (Å²) in [5.74, 6) is 3.94. The molecule has 1 unspecified atom stereocenters. The summed E-state index contributed by atoms with van der Waals surface area (Å²) in [6.45, 7) is 3.54. The Balaban J connectivity index is 0.983. The number of imidazole rings is 2. The number of nitrogens with one attached hydrogen (secondary N) is 2. The van der Waals surface area contributed by atoms with Crippen LogP contribution in [0.5, 0.6) is 0 Å². The zero-order valence-electron chi connectivity index (χ0n) is 31.1. The first kappa shape index (κ1) is 35.0. The van der Waals surface area contributed by atoms with E-state index in [1.807, 2.05) is 89.2 Å². The molecular formula is C40H40N14O2S. The highest BCUT2D eigenvalue weighted by atomic mass is 32.1. The molecule has 2 fully saturated rings. The normalized spacial score (nSPS) is 17.6. The number of para-hydroxylation sites is 1. The third-order valence-electron chi connectivity index (χ3n) is 10.8. The molecule has 0 amide bonds. The van der Waals surface area contributed by atoms with Gasteiger partial charge in [-0.15, -0.1) is 16.4 Å². The number of pyridine rings is 1. The highest BCUT2D eigenvalue weighted by Gasteiger charge is 2.37. The number of rotatable bonds is 11. The number of hydrogen-bond acceptors (Lipinski definition) is 14. The standard InChI is InChI=1S/C40H40N14O2S/c1-25-23-57-35-33(25)46-39(51-16-6-12-28(51)22-55)48-37(35)44-32-21-53(26-9-3-2-4-10-26)38(45-32)34(56)29-13-7-17-52(29)40-47-36(30-14-8-18-54(30)49-40)43-31-20-50(24-42-31)27-11-5-15-41-19-27/h2-5,8-11,14-15,18-21,23-24,28-29,34,55-56H,6-7,12-13,16-17,22H2,1H3,(H,43,47,49)(H,44,46,48)/t28-,29-,34?/m0/s1. The molecule has 4 N–H and O–H groups in total. The van der Waals surface area contributed by atoms with E-state index >= 15 is 0 Å². The van der Waals surface area contributed by atoms with E-state index in [1.54, 1.807) is 34.6 Å². The van der Waals surface area contributed by atoms with Gasteiger partial charge in [-0.05, 0) is 79.9 Å². The average Bonchev–Trinajstić information content (AvgIpc) is 4.10. The Labute approximate surface area is 331 Å². The molecule has 1 aromatic carbocycles. The molecule has 17 heteroatoms. The van der Waals surface area contributed by atoms with Gasteiger partial charge in [0.2, 0.25) is 11.9 Å². The largest absolute Gasteiger partial charge is 0.394 e. The minimum absolute atomic E-state index is 0.0206. The van der Waals surface area contributed by atoms with Crippen molar-refractivity contribution in [1.82, 2.24) is 48.7 Å². The Kier molecular flexibility index (Phi) is 8.95. The summed E-state index contributed by atoms with van der Waals surface area (Å²) in [5.41, 5.74) is 4.48. The minimum atomic E-state index is -1.00. The van der Waals surface area contributed by atoms with Crippen LogP contribution in [0.4, 0.5) is 35.2 Å². The van der Waals surface area contributed by atoms with Gasteiger partial charge >= 0.3 is 0 Å². The summed E-state index contributed by atoms with van der Waals surface area (Å²) < 4.78 is 6.54. The predicted octanol–water partition coefficient (Wildman–Crippen LogP) is 5.96. The molecule has 10 rings (SSSR count). The average molecular weight is 781 g/mol. The van der Waals surface area contributed by atoms with Crippen molar-refractivity contribution in [2.75, 3.05) is 40.1 Å². The van der Waals surface area contributed by atoms with Gasteiger partial charge in [-0.1, -0.05) is 18.2 Å². The van der Waals surface area contributed by atoms with Gasteiger partial charge in [-0.3, -0.25) is 9.55 Å². The SMILES string of the molecule is Cc1csc2c(Nc3cn(-c4ccccc4)c(C(O)[C@@H]4CCCN4c4nc(Nc5cn(-c6cccnc6)cn5)c5cccn5n4)n3)nc(N3CCC[C@H]3CO)nc12. The van der Waals surface area contributed by atoms with Crippen LogP contribution in [0.3, 0.4) is 0 Å². The summed E-state index contributed by atoms with van der Waals surface area (Å²) in [6.07, 6.45) is 13.3. The van der Waals surface area contributed by atoms with Crippen LogP contribution in [0.2, 0.25) is 0 Å². The van der Waals surface area contributed by atoms with Gasteiger partial charge in [0.25, 0.3) is 0 Å². The third-order valence-corrected chi connectivity index (χ3v) is 11.9. The van der Waals surface area contributed by atoms with E-state index in [4.69, 9.17) is 25.0 Å². The highest BCUT2D eigenvalue weighted by Crippen LogP contribution is 2.37. The molecular weight excluding hydrogens is 741 g/mol. The van der Waals surface area contributed by atoms with Crippen LogP contribution < -0.4 is 20.4 Å². The number of hydrogen-bond donors (Lipinski definition) is 4. The quantitative estimate of drug-likeness (QED) is 0.121. The Morgan fingerprint density at radius 3 is 2.54 bits per heavy atom. The second kappa shape index (κ2) is 14.6. The number of fused-ring (bicyclic) bond motifs is 2. The fourth-order valence-electron chi connectivity index (χ4n) is 7.94. The first-order valence-electron chi connectivity index (χ1n) is 19.1. The lowest BCUT2D eigenvalue weighted by atomic mass is 10.1. The number of nitrogens with zero attached hydrogens (tertiary/aromatic N) is 12. The molecule has 0 spiro atoms. The molecule has 0 bridgehead atoms. The van der Waals surface area contributed by atoms with Crippen molar-refractivity contribution < 1.29 is 10.2 Å². The van der Waals surface area contributed by atoms with E-state index in [-0.39, 0.29) is 18.7 Å². The maximum Gasteiger partial charge on any atom is 0.245 e. The fourth-order valence-corrected chi connectivity index (χ4v) is 8.87. The summed E-state index contributed by atoms with van der Waals surface area (Å²) in [4.78, 5) is 33.0. The van der Waals surface area contributed by atoms with Gasteiger partial charge in [0.15, 0.2) is 17.5 Å². The number of thiophene rings is 1. The fraction of sp³-hybridized carbons (Fsp3) is 0.275. The molecule has 0 radical (unpaired) electrons. The number of aromatic nitrogens is 10. The second-order valence-corrected chi connectivity index (χ2v) is 15.3. The predicted molar refractivity (Wildman–Crippen MR) is 219 cm³/mol. The Hall–Kier alpha value is -6.43. The number of aliphatic hydroxyl groups excluding tert-OH is 2. The van der Waals surface area contributed by atoms with Crippen LogP contribution in [0.25, 0.3) is 27.1 Å². The molecule has 8 aromatic rings. The van der Waals surface area contributed by atoms with E-state index < -0.39 is 6.10 Å². The van der Waals surface area contributed by atoms with Crippen molar-refractivity contribution in [2.45, 2.75) is 50.8 Å². The topological polar surface area (TPSA) is 176 Å². The van der Waals surface area contributed by atoms with E-state index in [0.29, 0.717) is 54.0 Å². The molecule has 9 heterocycles. The summed E-state index contributed by atoms with van der Waals surface area (Å²) in [7, 11) is 0. The molecule has 2 saturated heterocycles. The Morgan fingerprint density at radius 2 is 1.68 bits per heavy atom. The lowest BCUT2D eigenvalue weighted by Crippen LogP contribution is -2.37. The molecule has 57 heavy (non-hydrogen) atoms. The highest BCUT2D eigenvalue weighted by molar-refractivity contribution is 7.18. The number of anilines is 6.